The van der Waals surface area contributed by atoms with Gasteiger partial charge in [0.05, 0.1) is 23.3 Å². The van der Waals surface area contributed by atoms with Crippen LogP contribution in [0.4, 0.5) is 13.2 Å². The Bertz CT molecular complexity index is 1070. The van der Waals surface area contributed by atoms with Gasteiger partial charge < -0.3 is 9.30 Å². The first-order valence-electron chi connectivity index (χ1n) is 8.04. The molecule has 0 atom stereocenters. The number of fused-ring (bicyclic) bond motifs is 1. The zero-order valence-corrected chi connectivity index (χ0v) is 14.2. The van der Waals surface area contributed by atoms with Crippen LogP contribution in [0.25, 0.3) is 11.0 Å². The fraction of sp³-hybridized carbons (Fsp3) is 0.294. The van der Waals surface area contributed by atoms with Gasteiger partial charge in [0.15, 0.2) is 6.61 Å². The second kappa shape index (κ2) is 7.22. The van der Waals surface area contributed by atoms with Crippen LogP contribution in [0.1, 0.15) is 12.6 Å². The molecule has 0 N–H and O–H groups in total. The van der Waals surface area contributed by atoms with E-state index in [1.54, 1.807) is 31.2 Å². The number of aryl methyl sites for hydroxylation is 1. The SMILES string of the molecule is CCn1c(=O)c(=O)n(Cc2ccc(OCC(F)(F)F)nn2)c2ccccc21. The summed E-state index contributed by atoms with van der Waals surface area (Å²) >= 11 is 0. The highest BCUT2D eigenvalue weighted by molar-refractivity contribution is 5.75. The molecule has 0 aliphatic rings. The maximum atomic E-state index is 12.5. The number of aromatic nitrogens is 4. The van der Waals surface area contributed by atoms with Gasteiger partial charge in [-0.05, 0) is 25.1 Å². The summed E-state index contributed by atoms with van der Waals surface area (Å²) in [4.78, 5) is 24.8. The van der Waals surface area contributed by atoms with E-state index in [4.69, 9.17) is 0 Å². The molecule has 0 aliphatic heterocycles. The fourth-order valence-electron chi connectivity index (χ4n) is 2.67. The van der Waals surface area contributed by atoms with Crippen LogP contribution in [0, 0.1) is 0 Å². The van der Waals surface area contributed by atoms with Crippen molar-refractivity contribution in [1.29, 1.82) is 0 Å². The largest absolute Gasteiger partial charge is 0.467 e. The summed E-state index contributed by atoms with van der Waals surface area (Å²) in [5.74, 6) is -0.283. The van der Waals surface area contributed by atoms with Crippen molar-refractivity contribution in [3.8, 4) is 5.88 Å². The molecule has 27 heavy (non-hydrogen) atoms. The minimum atomic E-state index is -4.48. The molecule has 3 aromatic rings. The van der Waals surface area contributed by atoms with Crippen molar-refractivity contribution in [3.05, 3.63) is 62.8 Å². The molecule has 0 saturated carbocycles. The number of ether oxygens (including phenoxy) is 1. The lowest BCUT2D eigenvalue weighted by Gasteiger charge is -2.13. The summed E-state index contributed by atoms with van der Waals surface area (Å²) in [6.45, 7) is 0.593. The number of halogens is 3. The molecule has 0 unspecified atom stereocenters. The third-order valence-corrected chi connectivity index (χ3v) is 3.85. The molecule has 0 amide bonds. The van der Waals surface area contributed by atoms with Crippen molar-refractivity contribution >= 4 is 11.0 Å². The van der Waals surface area contributed by atoms with E-state index in [0.29, 0.717) is 23.3 Å². The minimum absolute atomic E-state index is 0.0499. The number of rotatable bonds is 5. The molecule has 1 aromatic carbocycles. The van der Waals surface area contributed by atoms with Gasteiger partial charge in [-0.25, -0.2) is 0 Å². The van der Waals surface area contributed by atoms with Crippen molar-refractivity contribution < 1.29 is 17.9 Å². The van der Waals surface area contributed by atoms with E-state index in [0.717, 1.165) is 0 Å². The fourth-order valence-corrected chi connectivity index (χ4v) is 2.67. The molecule has 0 saturated heterocycles. The molecule has 0 radical (unpaired) electrons. The molecule has 0 fully saturated rings. The van der Waals surface area contributed by atoms with Crippen molar-refractivity contribution in [2.45, 2.75) is 26.2 Å². The first-order chi connectivity index (χ1) is 12.8. The predicted octanol–water partition coefficient (Wildman–Crippen LogP) is 1.96. The van der Waals surface area contributed by atoms with Gasteiger partial charge in [-0.15, -0.1) is 10.2 Å². The Balaban J connectivity index is 1.95. The molecule has 0 bridgehead atoms. The second-order valence-electron chi connectivity index (χ2n) is 5.70. The normalized spacial score (nSPS) is 11.7. The summed E-state index contributed by atoms with van der Waals surface area (Å²) in [5.41, 5.74) is 0.0742. The number of alkyl halides is 3. The first kappa shape index (κ1) is 18.6. The Hall–Kier alpha value is -3.17. The summed E-state index contributed by atoms with van der Waals surface area (Å²) in [5, 5.41) is 7.36. The summed E-state index contributed by atoms with van der Waals surface area (Å²) in [7, 11) is 0. The van der Waals surface area contributed by atoms with Crippen LogP contribution in [0.2, 0.25) is 0 Å². The molecular formula is C17H15F3N4O3. The maximum Gasteiger partial charge on any atom is 0.422 e. The zero-order valence-electron chi connectivity index (χ0n) is 14.2. The third-order valence-electron chi connectivity index (χ3n) is 3.85. The van der Waals surface area contributed by atoms with E-state index in [1.807, 2.05) is 0 Å². The Morgan fingerprint density at radius 2 is 1.59 bits per heavy atom. The second-order valence-corrected chi connectivity index (χ2v) is 5.70. The van der Waals surface area contributed by atoms with Gasteiger partial charge in [0, 0.05) is 12.6 Å². The highest BCUT2D eigenvalue weighted by atomic mass is 19.4. The Morgan fingerprint density at radius 1 is 0.963 bits per heavy atom. The zero-order chi connectivity index (χ0) is 19.6. The summed E-state index contributed by atoms with van der Waals surface area (Å²) in [6, 6.07) is 9.56. The number of nitrogens with zero attached hydrogens (tertiary/aromatic N) is 4. The van der Waals surface area contributed by atoms with Crippen LogP contribution in [0.5, 0.6) is 5.88 Å². The van der Waals surface area contributed by atoms with Crippen LogP contribution < -0.4 is 15.9 Å². The van der Waals surface area contributed by atoms with Gasteiger partial charge in [-0.2, -0.15) is 13.2 Å². The van der Waals surface area contributed by atoms with Gasteiger partial charge in [-0.1, -0.05) is 12.1 Å². The van der Waals surface area contributed by atoms with Crippen molar-refractivity contribution in [2.75, 3.05) is 6.61 Å². The first-order valence-corrected chi connectivity index (χ1v) is 8.04. The molecule has 0 spiro atoms. The molecule has 0 aliphatic carbocycles. The highest BCUT2D eigenvalue weighted by Gasteiger charge is 2.28. The van der Waals surface area contributed by atoms with E-state index < -0.39 is 23.9 Å². The molecular weight excluding hydrogens is 365 g/mol. The van der Waals surface area contributed by atoms with Gasteiger partial charge in [0.2, 0.25) is 5.88 Å². The Kier molecular flexibility index (Phi) is 4.98. The minimum Gasteiger partial charge on any atom is -0.467 e. The van der Waals surface area contributed by atoms with E-state index in [1.165, 1.54) is 21.3 Å². The predicted molar refractivity (Wildman–Crippen MR) is 90.8 cm³/mol. The Labute approximate surface area is 150 Å². The molecule has 3 rings (SSSR count). The van der Waals surface area contributed by atoms with E-state index in [9.17, 15) is 22.8 Å². The van der Waals surface area contributed by atoms with Crippen LogP contribution >= 0.6 is 0 Å². The van der Waals surface area contributed by atoms with Crippen LogP contribution in [-0.2, 0) is 13.1 Å². The van der Waals surface area contributed by atoms with E-state index in [2.05, 4.69) is 14.9 Å². The molecule has 10 heteroatoms. The van der Waals surface area contributed by atoms with Crippen molar-refractivity contribution in [3.63, 3.8) is 0 Å². The number of hydrogen-bond donors (Lipinski definition) is 0. The van der Waals surface area contributed by atoms with Gasteiger partial charge in [0.25, 0.3) is 0 Å². The lowest BCUT2D eigenvalue weighted by Crippen LogP contribution is -2.41. The lowest BCUT2D eigenvalue weighted by molar-refractivity contribution is -0.154. The topological polar surface area (TPSA) is 79.0 Å². The third kappa shape index (κ3) is 3.99. The van der Waals surface area contributed by atoms with Crippen molar-refractivity contribution in [2.24, 2.45) is 0 Å². The number of para-hydroxylation sites is 2. The quantitative estimate of drug-likeness (QED) is 0.633. The number of hydrogen-bond acceptors (Lipinski definition) is 5. The van der Waals surface area contributed by atoms with Gasteiger partial charge >= 0.3 is 17.3 Å². The van der Waals surface area contributed by atoms with Gasteiger partial charge in [-0.3, -0.25) is 14.2 Å². The van der Waals surface area contributed by atoms with Gasteiger partial charge in [0.1, 0.15) is 0 Å². The lowest BCUT2D eigenvalue weighted by atomic mass is 10.2. The highest BCUT2D eigenvalue weighted by Crippen LogP contribution is 2.17. The van der Waals surface area contributed by atoms with E-state index in [-0.39, 0.29) is 12.4 Å². The average molecular weight is 380 g/mol. The standard InChI is InChI=1S/C17H15F3N4O3/c1-2-23-12-5-3-4-6-13(12)24(16(26)15(23)25)9-11-7-8-14(22-21-11)27-10-17(18,19)20/h3-8H,2,9-10H2,1H3. The van der Waals surface area contributed by atoms with E-state index >= 15 is 0 Å². The Morgan fingerprint density at radius 3 is 2.15 bits per heavy atom. The molecule has 2 aromatic heterocycles. The van der Waals surface area contributed by atoms with Crippen LogP contribution in [-0.4, -0.2) is 32.1 Å². The summed E-state index contributed by atoms with van der Waals surface area (Å²) in [6.07, 6.45) is -4.48. The average Bonchev–Trinajstić information content (AvgIpc) is 2.64. The van der Waals surface area contributed by atoms with Crippen LogP contribution in [0.15, 0.2) is 46.0 Å². The smallest absolute Gasteiger partial charge is 0.422 e. The summed E-state index contributed by atoms with van der Waals surface area (Å²) < 4.78 is 43.6. The molecule has 142 valence electrons. The maximum absolute atomic E-state index is 12.5. The number of benzene rings is 1. The molecule has 2 heterocycles. The monoisotopic (exact) mass is 380 g/mol. The van der Waals surface area contributed by atoms with Crippen LogP contribution in [0.3, 0.4) is 0 Å². The van der Waals surface area contributed by atoms with Crippen molar-refractivity contribution in [1.82, 2.24) is 19.3 Å². The molecule has 7 nitrogen and oxygen atoms in total.